The topological polar surface area (TPSA) is 67.6 Å². The molecule has 3 N–H and O–H groups in total. The van der Waals surface area contributed by atoms with Gasteiger partial charge in [0.1, 0.15) is 11.6 Å². The largest absolute Gasteiger partial charge is 0.384 e. The lowest BCUT2D eigenvalue weighted by Crippen LogP contribution is -1.99. The zero-order valence-corrected chi connectivity index (χ0v) is 9.12. The van der Waals surface area contributed by atoms with Crippen LogP contribution in [0.1, 0.15) is 26.1 Å². The maximum atomic E-state index is 5.60. The summed E-state index contributed by atoms with van der Waals surface area (Å²) in [7, 11) is 0. The average molecular weight is 204 g/mol. The summed E-state index contributed by atoms with van der Waals surface area (Å²) in [5, 5.41) is 0. The van der Waals surface area contributed by atoms with Crippen LogP contribution in [0.25, 0.3) is 11.2 Å². The van der Waals surface area contributed by atoms with Crippen molar-refractivity contribution in [2.45, 2.75) is 26.7 Å². The number of nitrogens with one attached hydrogen (secondary N) is 1. The fraction of sp³-hybridized carbons (Fsp3) is 0.455. The molecule has 0 saturated heterocycles. The molecule has 0 saturated carbocycles. The van der Waals surface area contributed by atoms with Gasteiger partial charge >= 0.3 is 0 Å². The minimum absolute atomic E-state index is 0.518. The van der Waals surface area contributed by atoms with E-state index in [9.17, 15) is 0 Å². The summed E-state index contributed by atoms with van der Waals surface area (Å²) in [5.74, 6) is 2.16. The summed E-state index contributed by atoms with van der Waals surface area (Å²) in [6.45, 7) is 4.40. The van der Waals surface area contributed by atoms with Gasteiger partial charge in [0.05, 0.1) is 5.52 Å². The summed E-state index contributed by atoms with van der Waals surface area (Å²) in [6, 6.07) is 3.71. The van der Waals surface area contributed by atoms with E-state index in [4.69, 9.17) is 5.73 Å². The molecule has 4 heteroatoms. The number of aromatic amines is 1. The minimum atomic E-state index is 0.518. The van der Waals surface area contributed by atoms with E-state index in [0.717, 1.165) is 24.2 Å². The smallest absolute Gasteiger partial charge is 0.179 e. The van der Waals surface area contributed by atoms with Gasteiger partial charge in [0, 0.05) is 6.42 Å². The Labute approximate surface area is 88.9 Å². The first-order valence-electron chi connectivity index (χ1n) is 5.30. The predicted octanol–water partition coefficient (Wildman–Crippen LogP) is 2.13. The number of nitrogen functional groups attached to an aromatic ring is 1. The lowest BCUT2D eigenvalue weighted by atomic mass is 10.1. The summed E-state index contributed by atoms with van der Waals surface area (Å²) < 4.78 is 0. The quantitative estimate of drug-likeness (QED) is 0.804. The third kappa shape index (κ3) is 2.09. The number of anilines is 1. The van der Waals surface area contributed by atoms with Crippen LogP contribution in [0, 0.1) is 5.92 Å². The Morgan fingerprint density at radius 1 is 1.40 bits per heavy atom. The van der Waals surface area contributed by atoms with Crippen molar-refractivity contribution in [3.63, 3.8) is 0 Å². The monoisotopic (exact) mass is 204 g/mol. The third-order valence-corrected chi connectivity index (χ3v) is 2.66. The number of pyridine rings is 1. The highest BCUT2D eigenvalue weighted by molar-refractivity contribution is 5.72. The van der Waals surface area contributed by atoms with E-state index < -0.39 is 0 Å². The summed E-state index contributed by atoms with van der Waals surface area (Å²) >= 11 is 0. The fourth-order valence-electron chi connectivity index (χ4n) is 1.53. The number of nitrogens with zero attached hydrogens (tertiary/aromatic N) is 2. The van der Waals surface area contributed by atoms with Crippen molar-refractivity contribution in [3.8, 4) is 0 Å². The maximum Gasteiger partial charge on any atom is 0.179 e. The number of hydrogen-bond acceptors (Lipinski definition) is 3. The second-order valence-electron chi connectivity index (χ2n) is 4.01. The van der Waals surface area contributed by atoms with Crippen LogP contribution in [0.15, 0.2) is 12.1 Å². The second-order valence-corrected chi connectivity index (χ2v) is 4.01. The van der Waals surface area contributed by atoms with Crippen LogP contribution in [0.2, 0.25) is 0 Å². The number of imidazole rings is 1. The molecule has 0 amide bonds. The van der Waals surface area contributed by atoms with Crippen LogP contribution in [-0.4, -0.2) is 15.0 Å². The molecule has 0 spiro atoms. The van der Waals surface area contributed by atoms with E-state index in [1.165, 1.54) is 0 Å². The predicted molar refractivity (Wildman–Crippen MR) is 61.5 cm³/mol. The van der Waals surface area contributed by atoms with Crippen LogP contribution >= 0.6 is 0 Å². The molecule has 2 heterocycles. The normalized spacial score (nSPS) is 13.2. The van der Waals surface area contributed by atoms with Crippen molar-refractivity contribution in [1.82, 2.24) is 15.0 Å². The van der Waals surface area contributed by atoms with Crippen molar-refractivity contribution in [2.75, 3.05) is 5.73 Å². The van der Waals surface area contributed by atoms with Gasteiger partial charge in [-0.1, -0.05) is 20.3 Å². The van der Waals surface area contributed by atoms with Crippen LogP contribution in [0.3, 0.4) is 0 Å². The van der Waals surface area contributed by atoms with E-state index in [1.54, 1.807) is 6.07 Å². The molecule has 4 nitrogen and oxygen atoms in total. The van der Waals surface area contributed by atoms with E-state index >= 15 is 0 Å². The molecule has 2 aromatic heterocycles. The number of fused-ring (bicyclic) bond motifs is 1. The lowest BCUT2D eigenvalue weighted by molar-refractivity contribution is 0.547. The molecule has 1 unspecified atom stereocenters. The molecule has 0 aliphatic heterocycles. The molecule has 0 aliphatic rings. The molecule has 0 aromatic carbocycles. The maximum absolute atomic E-state index is 5.60. The summed E-state index contributed by atoms with van der Waals surface area (Å²) in [4.78, 5) is 11.8. The first-order valence-corrected chi connectivity index (χ1v) is 5.30. The van der Waals surface area contributed by atoms with Crippen LogP contribution < -0.4 is 5.73 Å². The van der Waals surface area contributed by atoms with Crippen molar-refractivity contribution in [3.05, 3.63) is 18.0 Å². The van der Waals surface area contributed by atoms with Crippen molar-refractivity contribution < 1.29 is 0 Å². The Morgan fingerprint density at radius 2 is 2.20 bits per heavy atom. The van der Waals surface area contributed by atoms with E-state index in [0.29, 0.717) is 17.4 Å². The van der Waals surface area contributed by atoms with Gasteiger partial charge in [0.2, 0.25) is 0 Å². The summed E-state index contributed by atoms with van der Waals surface area (Å²) in [5.41, 5.74) is 7.27. The third-order valence-electron chi connectivity index (χ3n) is 2.66. The van der Waals surface area contributed by atoms with Gasteiger partial charge < -0.3 is 10.7 Å². The van der Waals surface area contributed by atoms with Gasteiger partial charge in [-0.05, 0) is 18.1 Å². The highest BCUT2D eigenvalue weighted by Crippen LogP contribution is 2.14. The zero-order chi connectivity index (χ0) is 10.8. The molecule has 0 fully saturated rings. The van der Waals surface area contributed by atoms with E-state index in [1.807, 2.05) is 6.07 Å². The van der Waals surface area contributed by atoms with Crippen LogP contribution in [-0.2, 0) is 6.42 Å². The first-order chi connectivity index (χ1) is 7.19. The molecule has 0 bridgehead atoms. The molecule has 1 atom stereocenters. The highest BCUT2D eigenvalue weighted by atomic mass is 15.0. The van der Waals surface area contributed by atoms with Crippen molar-refractivity contribution in [2.24, 2.45) is 5.92 Å². The standard InChI is InChI=1S/C11H16N4/c1-3-7(2)6-10-13-8-4-5-9(12)14-11(8)15-10/h4-5,7H,3,6H2,1-2H3,(H3,12,13,14,15). The number of H-pyrrole nitrogens is 1. The molecular formula is C11H16N4. The Balaban J connectivity index is 2.30. The van der Waals surface area contributed by atoms with Gasteiger partial charge in [-0.2, -0.15) is 0 Å². The molecule has 2 aromatic rings. The number of aromatic nitrogens is 3. The van der Waals surface area contributed by atoms with Gasteiger partial charge in [0.15, 0.2) is 5.65 Å². The molecule has 0 radical (unpaired) electrons. The average Bonchev–Trinajstić information content (AvgIpc) is 2.59. The molecule has 15 heavy (non-hydrogen) atoms. The number of rotatable bonds is 3. The Bertz CT molecular complexity index is 461. The summed E-state index contributed by atoms with van der Waals surface area (Å²) in [6.07, 6.45) is 2.12. The van der Waals surface area contributed by atoms with Crippen LogP contribution in [0.5, 0.6) is 0 Å². The van der Waals surface area contributed by atoms with Gasteiger partial charge in [-0.25, -0.2) is 9.97 Å². The Hall–Kier alpha value is -1.58. The van der Waals surface area contributed by atoms with Crippen molar-refractivity contribution in [1.29, 1.82) is 0 Å². The SMILES string of the molecule is CCC(C)Cc1nc2nc(N)ccc2[nH]1. The number of nitrogens with two attached hydrogens (primary N) is 1. The van der Waals surface area contributed by atoms with Gasteiger partial charge in [0.25, 0.3) is 0 Å². The first kappa shape index (κ1) is 9.96. The molecule has 0 aliphatic carbocycles. The van der Waals surface area contributed by atoms with E-state index in [-0.39, 0.29) is 0 Å². The molecule has 80 valence electrons. The molecule has 2 rings (SSSR count). The highest BCUT2D eigenvalue weighted by Gasteiger charge is 2.07. The second kappa shape index (κ2) is 3.88. The van der Waals surface area contributed by atoms with Gasteiger partial charge in [-0.3, -0.25) is 0 Å². The lowest BCUT2D eigenvalue weighted by Gasteiger charge is -2.03. The minimum Gasteiger partial charge on any atom is -0.384 e. The zero-order valence-electron chi connectivity index (χ0n) is 9.12. The molecular weight excluding hydrogens is 188 g/mol. The Kier molecular flexibility index (Phi) is 2.58. The van der Waals surface area contributed by atoms with Crippen molar-refractivity contribution >= 4 is 17.0 Å². The van der Waals surface area contributed by atoms with E-state index in [2.05, 4.69) is 28.8 Å². The fourth-order valence-corrected chi connectivity index (χ4v) is 1.53. The Morgan fingerprint density at radius 3 is 2.93 bits per heavy atom. The van der Waals surface area contributed by atoms with Crippen LogP contribution in [0.4, 0.5) is 5.82 Å². The van der Waals surface area contributed by atoms with Gasteiger partial charge in [-0.15, -0.1) is 0 Å². The number of hydrogen-bond donors (Lipinski definition) is 2.